The Morgan fingerprint density at radius 3 is 2.59 bits per heavy atom. The molecule has 0 heterocycles. The number of rotatable bonds is 6. The van der Waals surface area contributed by atoms with Gasteiger partial charge in [-0.15, -0.1) is 0 Å². The van der Waals surface area contributed by atoms with Gasteiger partial charge in [-0.2, -0.15) is 0 Å². The minimum atomic E-state index is -1.05. The van der Waals surface area contributed by atoms with Crippen LogP contribution in [0.3, 0.4) is 0 Å². The summed E-state index contributed by atoms with van der Waals surface area (Å²) in [5.41, 5.74) is 1.18. The predicted octanol–water partition coefficient (Wildman–Crippen LogP) is 1.62. The van der Waals surface area contributed by atoms with Crippen LogP contribution in [-0.2, 0) is 9.47 Å². The number of nitrogens with one attached hydrogen (secondary N) is 1. The van der Waals surface area contributed by atoms with Crippen LogP contribution in [0.1, 0.15) is 39.6 Å². The molecule has 0 radical (unpaired) electrons. The summed E-state index contributed by atoms with van der Waals surface area (Å²) in [4.78, 5) is 23.4. The van der Waals surface area contributed by atoms with Gasteiger partial charge < -0.3 is 19.9 Å². The molecule has 6 nitrogen and oxygen atoms in total. The average Bonchev–Trinajstić information content (AvgIpc) is 2.45. The predicted molar refractivity (Wildman–Crippen MR) is 80.2 cm³/mol. The molecule has 0 spiro atoms. The topological polar surface area (TPSA) is 84.9 Å². The number of carboxylic acid groups (broad SMARTS) is 1. The Kier molecular flexibility index (Phi) is 5.15. The lowest BCUT2D eigenvalue weighted by Crippen LogP contribution is -2.61. The molecule has 3 atom stereocenters. The molecule has 0 aliphatic heterocycles. The summed E-state index contributed by atoms with van der Waals surface area (Å²) in [6, 6.07) is 4.46. The third kappa shape index (κ3) is 3.45. The van der Waals surface area contributed by atoms with Crippen molar-refractivity contribution in [2.24, 2.45) is 0 Å². The number of benzene rings is 1. The summed E-state index contributed by atoms with van der Waals surface area (Å²) in [5, 5.41) is 11.9. The summed E-state index contributed by atoms with van der Waals surface area (Å²) < 4.78 is 10.9. The molecule has 3 unspecified atom stereocenters. The Labute approximate surface area is 129 Å². The van der Waals surface area contributed by atoms with Crippen molar-refractivity contribution in [2.75, 3.05) is 13.7 Å². The fourth-order valence-corrected chi connectivity index (χ4v) is 2.71. The molecule has 1 aromatic carbocycles. The van der Waals surface area contributed by atoms with Crippen LogP contribution in [0.4, 0.5) is 0 Å². The number of aromatic carboxylic acids is 1. The second-order valence-corrected chi connectivity index (χ2v) is 5.40. The van der Waals surface area contributed by atoms with E-state index in [1.165, 1.54) is 12.1 Å². The van der Waals surface area contributed by atoms with Gasteiger partial charge >= 0.3 is 5.97 Å². The molecular weight excluding hydrogens is 286 g/mol. The van der Waals surface area contributed by atoms with Crippen molar-refractivity contribution in [1.29, 1.82) is 0 Å². The van der Waals surface area contributed by atoms with E-state index in [1.807, 2.05) is 6.92 Å². The molecule has 1 aromatic rings. The molecule has 2 rings (SSSR count). The standard InChI is InChI=1S/C16H21NO5/c1-4-22-13-8-12(14(13)21-3)17-15(18)10-5-9(2)6-11(7-10)16(19)20/h5-7,12-14H,4,8H2,1-3H3,(H,17,18)(H,19,20). The fraction of sp³-hybridized carbons (Fsp3) is 0.500. The van der Waals surface area contributed by atoms with Crippen LogP contribution in [0.25, 0.3) is 0 Å². The van der Waals surface area contributed by atoms with Gasteiger partial charge in [0.1, 0.15) is 6.10 Å². The van der Waals surface area contributed by atoms with Gasteiger partial charge in [0.15, 0.2) is 0 Å². The molecule has 1 amide bonds. The summed E-state index contributed by atoms with van der Waals surface area (Å²) in [7, 11) is 1.59. The second kappa shape index (κ2) is 6.89. The van der Waals surface area contributed by atoms with E-state index >= 15 is 0 Å². The zero-order valence-corrected chi connectivity index (χ0v) is 13.0. The number of amides is 1. The van der Waals surface area contributed by atoms with Crippen molar-refractivity contribution in [3.05, 3.63) is 34.9 Å². The van der Waals surface area contributed by atoms with Crippen LogP contribution in [0.15, 0.2) is 18.2 Å². The van der Waals surface area contributed by atoms with Crippen molar-refractivity contribution < 1.29 is 24.2 Å². The maximum absolute atomic E-state index is 12.3. The maximum atomic E-state index is 12.3. The normalized spacial score (nSPS) is 23.7. The summed E-state index contributed by atoms with van der Waals surface area (Å²) in [6.45, 7) is 4.28. The molecule has 1 fully saturated rings. The first-order valence-corrected chi connectivity index (χ1v) is 7.26. The van der Waals surface area contributed by atoms with Crippen molar-refractivity contribution in [2.45, 2.75) is 38.5 Å². The number of carbonyl (C=O) groups is 2. The molecule has 1 saturated carbocycles. The lowest BCUT2D eigenvalue weighted by Gasteiger charge is -2.43. The average molecular weight is 307 g/mol. The monoisotopic (exact) mass is 307 g/mol. The molecule has 22 heavy (non-hydrogen) atoms. The van der Waals surface area contributed by atoms with Crippen LogP contribution >= 0.6 is 0 Å². The van der Waals surface area contributed by atoms with E-state index in [4.69, 9.17) is 14.6 Å². The van der Waals surface area contributed by atoms with Gasteiger partial charge in [0.2, 0.25) is 0 Å². The first-order valence-electron chi connectivity index (χ1n) is 7.26. The molecule has 0 bridgehead atoms. The maximum Gasteiger partial charge on any atom is 0.335 e. The van der Waals surface area contributed by atoms with Gasteiger partial charge in [0.25, 0.3) is 5.91 Å². The van der Waals surface area contributed by atoms with Crippen molar-refractivity contribution >= 4 is 11.9 Å². The van der Waals surface area contributed by atoms with Crippen LogP contribution in [0, 0.1) is 6.92 Å². The fourth-order valence-electron chi connectivity index (χ4n) is 2.71. The first kappa shape index (κ1) is 16.5. The van der Waals surface area contributed by atoms with E-state index < -0.39 is 5.97 Å². The molecule has 1 aliphatic carbocycles. The number of aryl methyl sites for hydroxylation is 1. The zero-order chi connectivity index (χ0) is 16.3. The molecule has 2 N–H and O–H groups in total. The highest BCUT2D eigenvalue weighted by Crippen LogP contribution is 2.27. The van der Waals surface area contributed by atoms with Crippen molar-refractivity contribution in [3.8, 4) is 0 Å². The third-order valence-corrected chi connectivity index (χ3v) is 3.81. The van der Waals surface area contributed by atoms with Gasteiger partial charge in [0, 0.05) is 19.3 Å². The van der Waals surface area contributed by atoms with E-state index in [0.29, 0.717) is 18.6 Å². The van der Waals surface area contributed by atoms with E-state index in [-0.39, 0.29) is 29.7 Å². The van der Waals surface area contributed by atoms with Crippen molar-refractivity contribution in [3.63, 3.8) is 0 Å². The van der Waals surface area contributed by atoms with E-state index in [2.05, 4.69) is 5.32 Å². The molecule has 0 aromatic heterocycles. The largest absolute Gasteiger partial charge is 0.478 e. The zero-order valence-electron chi connectivity index (χ0n) is 13.0. The van der Waals surface area contributed by atoms with Crippen molar-refractivity contribution in [1.82, 2.24) is 5.32 Å². The lowest BCUT2D eigenvalue weighted by atomic mass is 9.85. The smallest absolute Gasteiger partial charge is 0.335 e. The SMILES string of the molecule is CCOC1CC(NC(=O)c2cc(C)cc(C(=O)O)c2)C1OC. The third-order valence-electron chi connectivity index (χ3n) is 3.81. The van der Waals surface area contributed by atoms with Crippen LogP contribution < -0.4 is 5.32 Å². The van der Waals surface area contributed by atoms with Gasteiger partial charge in [-0.1, -0.05) is 0 Å². The highest BCUT2D eigenvalue weighted by molar-refractivity contribution is 5.98. The molecule has 0 saturated heterocycles. The van der Waals surface area contributed by atoms with E-state index in [1.54, 1.807) is 20.1 Å². The second-order valence-electron chi connectivity index (χ2n) is 5.40. The van der Waals surface area contributed by atoms with Gasteiger partial charge in [0.05, 0.1) is 17.7 Å². The number of hydrogen-bond acceptors (Lipinski definition) is 4. The molecular formula is C16H21NO5. The van der Waals surface area contributed by atoms with E-state index in [9.17, 15) is 9.59 Å². The molecule has 6 heteroatoms. The molecule has 1 aliphatic rings. The Bertz CT molecular complexity index is 572. The Morgan fingerprint density at radius 2 is 2.00 bits per heavy atom. The number of carbonyl (C=O) groups excluding carboxylic acids is 1. The number of hydrogen-bond donors (Lipinski definition) is 2. The highest BCUT2D eigenvalue weighted by atomic mass is 16.5. The summed E-state index contributed by atoms with van der Waals surface area (Å²) >= 11 is 0. The van der Waals surface area contributed by atoms with Crippen LogP contribution in [0.5, 0.6) is 0 Å². The van der Waals surface area contributed by atoms with Crippen LogP contribution in [-0.4, -0.2) is 48.9 Å². The van der Waals surface area contributed by atoms with Crippen LogP contribution in [0.2, 0.25) is 0 Å². The minimum Gasteiger partial charge on any atom is -0.478 e. The summed E-state index contributed by atoms with van der Waals surface area (Å²) in [5.74, 6) is -1.35. The quantitative estimate of drug-likeness (QED) is 0.834. The highest BCUT2D eigenvalue weighted by Gasteiger charge is 2.43. The number of ether oxygens (including phenoxy) is 2. The Hall–Kier alpha value is -1.92. The lowest BCUT2D eigenvalue weighted by molar-refractivity contribution is -0.128. The number of carboxylic acids is 1. The Morgan fingerprint density at radius 1 is 1.32 bits per heavy atom. The molecule has 120 valence electrons. The number of methoxy groups -OCH3 is 1. The Balaban J connectivity index is 2.05. The first-order chi connectivity index (χ1) is 10.5. The minimum absolute atomic E-state index is 0.00705. The van der Waals surface area contributed by atoms with Gasteiger partial charge in [-0.25, -0.2) is 4.79 Å². The summed E-state index contributed by atoms with van der Waals surface area (Å²) in [6.07, 6.45) is 0.510. The van der Waals surface area contributed by atoms with Gasteiger partial charge in [-0.3, -0.25) is 4.79 Å². The van der Waals surface area contributed by atoms with Gasteiger partial charge in [-0.05, 0) is 44.0 Å². The van der Waals surface area contributed by atoms with E-state index in [0.717, 1.165) is 5.56 Å².